The van der Waals surface area contributed by atoms with E-state index < -0.39 is 5.82 Å². The second-order valence-corrected chi connectivity index (χ2v) is 7.51. The number of fused-ring (bicyclic) bond motifs is 1. The zero-order valence-electron chi connectivity index (χ0n) is 17.7. The van der Waals surface area contributed by atoms with Crippen LogP contribution in [0.3, 0.4) is 0 Å². The molecule has 0 aliphatic carbocycles. The maximum atomic E-state index is 14.7. The Labute approximate surface area is 189 Å². The smallest absolute Gasteiger partial charge is 0.169 e. The van der Waals surface area contributed by atoms with E-state index in [1.165, 1.54) is 6.07 Å². The zero-order valence-corrected chi connectivity index (χ0v) is 17.7. The fourth-order valence-electron chi connectivity index (χ4n) is 3.56. The molecule has 5 heterocycles. The van der Waals surface area contributed by atoms with Gasteiger partial charge in [0.1, 0.15) is 11.5 Å². The summed E-state index contributed by atoms with van der Waals surface area (Å²) >= 11 is 0. The third-order valence-corrected chi connectivity index (χ3v) is 5.18. The maximum Gasteiger partial charge on any atom is 0.169 e. The molecular formula is C25H19FN6O. The Morgan fingerprint density at radius 1 is 0.909 bits per heavy atom. The van der Waals surface area contributed by atoms with Gasteiger partial charge in [0, 0.05) is 48.2 Å². The molecule has 0 aliphatic rings. The molecule has 0 fully saturated rings. The Bertz CT molecular complexity index is 1470. The van der Waals surface area contributed by atoms with E-state index in [9.17, 15) is 9.50 Å². The van der Waals surface area contributed by atoms with Gasteiger partial charge in [-0.15, -0.1) is 0 Å². The minimum absolute atomic E-state index is 0.0365. The molecular weight excluding hydrogens is 419 g/mol. The van der Waals surface area contributed by atoms with E-state index >= 15 is 0 Å². The maximum absolute atomic E-state index is 14.7. The standard InChI is InChI=1S/C25H19FN6O/c1-15-11-17(6-9-27-15)23-19(26)12-16(13-30-23)14-31-25-24(33)18(7-10-29-25)20-4-5-21-22(32-20)3-2-8-28-21/h2-13,33H,14H2,1H3,(H,29,31). The Morgan fingerprint density at radius 2 is 1.79 bits per heavy atom. The molecule has 0 unspecified atom stereocenters. The van der Waals surface area contributed by atoms with Gasteiger partial charge in [0.2, 0.25) is 0 Å². The summed E-state index contributed by atoms with van der Waals surface area (Å²) in [6.07, 6.45) is 6.52. The SMILES string of the molecule is Cc1cc(-c2ncc(CNc3nccc(-c4ccc5ncccc5n4)c3O)cc2F)ccn1. The molecule has 162 valence electrons. The summed E-state index contributed by atoms with van der Waals surface area (Å²) in [6.45, 7) is 2.08. The summed E-state index contributed by atoms with van der Waals surface area (Å²) in [6, 6.07) is 13.9. The van der Waals surface area contributed by atoms with Gasteiger partial charge in [-0.25, -0.2) is 14.4 Å². The van der Waals surface area contributed by atoms with Crippen molar-refractivity contribution in [3.63, 3.8) is 0 Å². The average Bonchev–Trinajstić information content (AvgIpc) is 2.83. The Morgan fingerprint density at radius 3 is 2.64 bits per heavy atom. The van der Waals surface area contributed by atoms with E-state index in [4.69, 9.17) is 0 Å². The first-order valence-electron chi connectivity index (χ1n) is 10.3. The molecule has 0 aromatic carbocycles. The highest BCUT2D eigenvalue weighted by molar-refractivity contribution is 5.80. The van der Waals surface area contributed by atoms with E-state index in [2.05, 4.69) is 30.2 Å². The predicted octanol–water partition coefficient (Wildman–Crippen LogP) is 4.91. The van der Waals surface area contributed by atoms with Crippen molar-refractivity contribution < 1.29 is 9.50 Å². The molecule has 0 aliphatic heterocycles. The van der Waals surface area contributed by atoms with Gasteiger partial charge in [0.05, 0.1) is 16.7 Å². The second-order valence-electron chi connectivity index (χ2n) is 7.51. The van der Waals surface area contributed by atoms with Crippen molar-refractivity contribution in [3.05, 3.63) is 90.4 Å². The first-order valence-corrected chi connectivity index (χ1v) is 10.3. The monoisotopic (exact) mass is 438 g/mol. The van der Waals surface area contributed by atoms with Gasteiger partial charge in [-0.05, 0) is 61.0 Å². The number of pyridine rings is 5. The van der Waals surface area contributed by atoms with E-state index in [0.717, 1.165) is 16.7 Å². The topological polar surface area (TPSA) is 96.7 Å². The Balaban J connectivity index is 1.37. The van der Waals surface area contributed by atoms with Gasteiger partial charge in [-0.3, -0.25) is 15.0 Å². The van der Waals surface area contributed by atoms with Crippen LogP contribution in [-0.4, -0.2) is 30.0 Å². The third kappa shape index (κ3) is 4.18. The first-order chi connectivity index (χ1) is 16.1. The van der Waals surface area contributed by atoms with Crippen molar-refractivity contribution in [1.29, 1.82) is 0 Å². The lowest BCUT2D eigenvalue weighted by atomic mass is 10.1. The predicted molar refractivity (Wildman–Crippen MR) is 124 cm³/mol. The normalized spacial score (nSPS) is 11.0. The van der Waals surface area contributed by atoms with Crippen LogP contribution in [0.2, 0.25) is 0 Å². The molecule has 0 amide bonds. The minimum Gasteiger partial charge on any atom is -0.504 e. The number of nitrogens with zero attached hydrogens (tertiary/aromatic N) is 5. The number of aromatic nitrogens is 5. The number of hydrogen-bond acceptors (Lipinski definition) is 7. The lowest BCUT2D eigenvalue weighted by Gasteiger charge is -2.12. The van der Waals surface area contributed by atoms with Crippen LogP contribution in [0.1, 0.15) is 11.3 Å². The molecule has 0 bridgehead atoms. The fraction of sp³-hybridized carbons (Fsp3) is 0.0800. The van der Waals surface area contributed by atoms with E-state index in [1.807, 2.05) is 25.1 Å². The van der Waals surface area contributed by atoms with Crippen LogP contribution in [-0.2, 0) is 6.54 Å². The summed E-state index contributed by atoms with van der Waals surface area (Å²) in [4.78, 5) is 21.5. The highest BCUT2D eigenvalue weighted by atomic mass is 19.1. The van der Waals surface area contributed by atoms with E-state index in [-0.39, 0.29) is 23.8 Å². The molecule has 2 N–H and O–H groups in total. The van der Waals surface area contributed by atoms with Crippen molar-refractivity contribution in [2.75, 3.05) is 5.32 Å². The van der Waals surface area contributed by atoms with Crippen LogP contribution in [0.15, 0.2) is 73.3 Å². The minimum atomic E-state index is -0.431. The number of rotatable bonds is 5. The van der Waals surface area contributed by atoms with Crippen molar-refractivity contribution in [1.82, 2.24) is 24.9 Å². The number of aromatic hydroxyl groups is 1. The average molecular weight is 438 g/mol. The van der Waals surface area contributed by atoms with Crippen molar-refractivity contribution in [2.45, 2.75) is 13.5 Å². The highest BCUT2D eigenvalue weighted by Gasteiger charge is 2.13. The summed E-state index contributed by atoms with van der Waals surface area (Å²) in [5.74, 6) is -0.194. The molecule has 5 aromatic heterocycles. The number of aryl methyl sites for hydroxylation is 1. The van der Waals surface area contributed by atoms with Gasteiger partial charge < -0.3 is 10.4 Å². The van der Waals surface area contributed by atoms with Crippen LogP contribution in [0.25, 0.3) is 33.5 Å². The van der Waals surface area contributed by atoms with Gasteiger partial charge in [-0.1, -0.05) is 0 Å². The third-order valence-electron chi connectivity index (χ3n) is 5.18. The molecule has 0 saturated heterocycles. The van der Waals surface area contributed by atoms with Crippen LogP contribution in [0.4, 0.5) is 10.2 Å². The molecule has 0 spiro atoms. The summed E-state index contributed by atoms with van der Waals surface area (Å²) in [5.41, 5.74) is 4.98. The Kier molecular flexibility index (Phi) is 5.32. The molecule has 5 aromatic rings. The lowest BCUT2D eigenvalue weighted by Crippen LogP contribution is -2.04. The quantitative estimate of drug-likeness (QED) is 0.402. The highest BCUT2D eigenvalue weighted by Crippen LogP contribution is 2.33. The number of anilines is 1. The largest absolute Gasteiger partial charge is 0.504 e. The van der Waals surface area contributed by atoms with Gasteiger partial charge in [0.15, 0.2) is 11.6 Å². The summed E-state index contributed by atoms with van der Waals surface area (Å²) in [7, 11) is 0. The summed E-state index contributed by atoms with van der Waals surface area (Å²) in [5, 5.41) is 13.8. The molecule has 8 heteroatoms. The van der Waals surface area contributed by atoms with Gasteiger partial charge in [-0.2, -0.15) is 0 Å². The zero-order chi connectivity index (χ0) is 22.8. The van der Waals surface area contributed by atoms with E-state index in [0.29, 0.717) is 22.4 Å². The van der Waals surface area contributed by atoms with Crippen molar-refractivity contribution in [3.8, 4) is 28.3 Å². The van der Waals surface area contributed by atoms with Gasteiger partial charge >= 0.3 is 0 Å². The molecule has 33 heavy (non-hydrogen) atoms. The molecule has 0 radical (unpaired) electrons. The number of nitrogens with one attached hydrogen (secondary N) is 1. The molecule has 0 atom stereocenters. The molecule has 5 rings (SSSR count). The van der Waals surface area contributed by atoms with E-state index in [1.54, 1.807) is 49.1 Å². The van der Waals surface area contributed by atoms with Crippen LogP contribution in [0, 0.1) is 12.7 Å². The van der Waals surface area contributed by atoms with Crippen LogP contribution >= 0.6 is 0 Å². The molecule has 7 nitrogen and oxygen atoms in total. The summed E-state index contributed by atoms with van der Waals surface area (Å²) < 4.78 is 14.7. The Hall–Kier alpha value is -4.46. The van der Waals surface area contributed by atoms with Gasteiger partial charge in [0.25, 0.3) is 0 Å². The second kappa shape index (κ2) is 8.58. The van der Waals surface area contributed by atoms with Crippen molar-refractivity contribution in [2.24, 2.45) is 0 Å². The lowest BCUT2D eigenvalue weighted by molar-refractivity contribution is 0.476. The molecule has 0 saturated carbocycles. The van der Waals surface area contributed by atoms with Crippen molar-refractivity contribution >= 4 is 16.9 Å². The van der Waals surface area contributed by atoms with Crippen LogP contribution in [0.5, 0.6) is 5.75 Å². The number of hydrogen-bond donors (Lipinski definition) is 2. The first kappa shape index (κ1) is 20.4. The fourth-order valence-corrected chi connectivity index (χ4v) is 3.56. The van der Waals surface area contributed by atoms with Crippen LogP contribution < -0.4 is 5.32 Å². The number of halogens is 1.